The number of nitrogens with one attached hydrogen (secondary N) is 1. The molecule has 18 heavy (non-hydrogen) atoms. The van der Waals surface area contributed by atoms with Crippen LogP contribution in [0.3, 0.4) is 0 Å². The molecule has 2 unspecified atom stereocenters. The number of amides is 1. The Balaban J connectivity index is 1.96. The van der Waals surface area contributed by atoms with Gasteiger partial charge in [-0.25, -0.2) is 0 Å². The lowest BCUT2D eigenvalue weighted by molar-refractivity contribution is -0.122. The zero-order valence-corrected chi connectivity index (χ0v) is 11.6. The van der Waals surface area contributed by atoms with Crippen molar-refractivity contribution in [1.29, 1.82) is 0 Å². The highest BCUT2D eigenvalue weighted by atomic mass is 16.5. The van der Waals surface area contributed by atoms with E-state index in [1.165, 1.54) is 12.8 Å². The quantitative estimate of drug-likeness (QED) is 0.651. The van der Waals surface area contributed by atoms with Gasteiger partial charge in [0.15, 0.2) is 0 Å². The number of nitrogens with two attached hydrogens (primary N) is 1. The molecule has 106 valence electrons. The molecule has 1 aliphatic rings. The van der Waals surface area contributed by atoms with Crippen LogP contribution in [0.5, 0.6) is 0 Å². The third kappa shape index (κ3) is 6.97. The molecule has 0 radical (unpaired) electrons. The minimum Gasteiger partial charge on any atom is -0.378 e. The highest BCUT2D eigenvalue weighted by Crippen LogP contribution is 2.16. The van der Waals surface area contributed by atoms with Gasteiger partial charge in [0.25, 0.3) is 0 Å². The summed E-state index contributed by atoms with van der Waals surface area (Å²) in [4.78, 5) is 11.6. The van der Waals surface area contributed by atoms with Crippen molar-refractivity contribution in [2.75, 3.05) is 19.7 Å². The second-order valence-electron chi connectivity index (χ2n) is 5.36. The summed E-state index contributed by atoms with van der Waals surface area (Å²) < 4.78 is 5.61. The molecule has 0 aromatic carbocycles. The first kappa shape index (κ1) is 15.4. The molecule has 1 heterocycles. The first-order valence-corrected chi connectivity index (χ1v) is 7.30. The summed E-state index contributed by atoms with van der Waals surface area (Å²) in [5, 5.41) is 2.97. The van der Waals surface area contributed by atoms with E-state index in [0.717, 1.165) is 45.4 Å². The van der Waals surface area contributed by atoms with Crippen LogP contribution < -0.4 is 11.1 Å². The van der Waals surface area contributed by atoms with Gasteiger partial charge in [-0.15, -0.1) is 0 Å². The fourth-order valence-electron chi connectivity index (χ4n) is 2.21. The topological polar surface area (TPSA) is 64.3 Å². The molecule has 0 aromatic rings. The largest absolute Gasteiger partial charge is 0.378 e. The predicted molar refractivity (Wildman–Crippen MR) is 73.3 cm³/mol. The second-order valence-corrected chi connectivity index (χ2v) is 5.36. The minimum absolute atomic E-state index is 0.157. The Hall–Kier alpha value is -0.610. The maximum Gasteiger partial charge on any atom is 0.220 e. The van der Waals surface area contributed by atoms with Gasteiger partial charge in [0.2, 0.25) is 5.91 Å². The summed E-state index contributed by atoms with van der Waals surface area (Å²) in [7, 11) is 0. The van der Waals surface area contributed by atoms with E-state index in [1.54, 1.807) is 0 Å². The van der Waals surface area contributed by atoms with Gasteiger partial charge in [0, 0.05) is 19.6 Å². The Bertz CT molecular complexity index is 228. The summed E-state index contributed by atoms with van der Waals surface area (Å²) in [5.41, 5.74) is 5.54. The smallest absolute Gasteiger partial charge is 0.220 e. The van der Waals surface area contributed by atoms with Gasteiger partial charge in [-0.1, -0.05) is 6.92 Å². The van der Waals surface area contributed by atoms with Crippen molar-refractivity contribution in [2.45, 2.75) is 58.0 Å². The molecule has 1 rings (SSSR count). The molecule has 0 aromatic heterocycles. The average Bonchev–Trinajstić information content (AvgIpc) is 2.42. The van der Waals surface area contributed by atoms with Crippen LogP contribution in [-0.4, -0.2) is 31.7 Å². The van der Waals surface area contributed by atoms with Crippen molar-refractivity contribution < 1.29 is 9.53 Å². The first-order chi connectivity index (χ1) is 8.72. The number of ether oxygens (including phenoxy) is 1. The maximum atomic E-state index is 11.6. The van der Waals surface area contributed by atoms with Crippen LogP contribution in [0.1, 0.15) is 51.9 Å². The summed E-state index contributed by atoms with van der Waals surface area (Å²) >= 11 is 0. The lowest BCUT2D eigenvalue weighted by atomic mass is 10.0. The molecule has 1 amide bonds. The van der Waals surface area contributed by atoms with Gasteiger partial charge in [-0.05, 0) is 51.0 Å². The lowest BCUT2D eigenvalue weighted by Crippen LogP contribution is -2.27. The van der Waals surface area contributed by atoms with Crippen LogP contribution >= 0.6 is 0 Å². The molecule has 0 saturated carbocycles. The van der Waals surface area contributed by atoms with Crippen LogP contribution in [0.2, 0.25) is 0 Å². The number of hydrogen-bond donors (Lipinski definition) is 2. The van der Waals surface area contributed by atoms with E-state index in [1.807, 2.05) is 0 Å². The molecule has 0 spiro atoms. The molecular formula is C14H28N2O2. The van der Waals surface area contributed by atoms with E-state index in [0.29, 0.717) is 18.4 Å². The first-order valence-electron chi connectivity index (χ1n) is 7.30. The number of carbonyl (C=O) groups is 1. The summed E-state index contributed by atoms with van der Waals surface area (Å²) in [5.74, 6) is 0.710. The van der Waals surface area contributed by atoms with Crippen molar-refractivity contribution in [3.05, 3.63) is 0 Å². The standard InChI is InChI=1S/C14H28N2O2/c1-12(11-15)5-4-9-16-14(17)8-7-13-6-2-3-10-18-13/h12-13H,2-11,15H2,1H3,(H,16,17). The van der Waals surface area contributed by atoms with Crippen LogP contribution in [0.4, 0.5) is 0 Å². The zero-order chi connectivity index (χ0) is 13.2. The molecule has 1 saturated heterocycles. The molecule has 1 fully saturated rings. The zero-order valence-electron chi connectivity index (χ0n) is 11.6. The van der Waals surface area contributed by atoms with Gasteiger partial charge < -0.3 is 15.8 Å². The van der Waals surface area contributed by atoms with Crippen LogP contribution in [0, 0.1) is 5.92 Å². The predicted octanol–water partition coefficient (Wildman–Crippen LogP) is 1.83. The lowest BCUT2D eigenvalue weighted by Gasteiger charge is -2.22. The van der Waals surface area contributed by atoms with E-state index in [-0.39, 0.29) is 5.91 Å². The highest BCUT2D eigenvalue weighted by molar-refractivity contribution is 5.75. The van der Waals surface area contributed by atoms with Crippen LogP contribution in [0.25, 0.3) is 0 Å². The van der Waals surface area contributed by atoms with E-state index in [4.69, 9.17) is 10.5 Å². The normalized spacial score (nSPS) is 21.6. The molecule has 0 bridgehead atoms. The fraction of sp³-hybridized carbons (Fsp3) is 0.929. The highest BCUT2D eigenvalue weighted by Gasteiger charge is 2.14. The Morgan fingerprint density at radius 1 is 1.50 bits per heavy atom. The van der Waals surface area contributed by atoms with Gasteiger partial charge in [0.1, 0.15) is 0 Å². The number of hydrogen-bond acceptors (Lipinski definition) is 3. The molecule has 2 atom stereocenters. The van der Waals surface area contributed by atoms with Crippen LogP contribution in [-0.2, 0) is 9.53 Å². The second kappa shape index (κ2) is 9.34. The molecule has 4 nitrogen and oxygen atoms in total. The summed E-state index contributed by atoms with van der Waals surface area (Å²) in [6.45, 7) is 4.51. The van der Waals surface area contributed by atoms with Gasteiger partial charge >= 0.3 is 0 Å². The minimum atomic E-state index is 0.157. The molecule has 0 aliphatic carbocycles. The van der Waals surface area contributed by atoms with Crippen molar-refractivity contribution >= 4 is 5.91 Å². The van der Waals surface area contributed by atoms with Gasteiger partial charge in [0.05, 0.1) is 6.10 Å². The number of carbonyl (C=O) groups excluding carboxylic acids is 1. The van der Waals surface area contributed by atoms with Crippen LogP contribution in [0.15, 0.2) is 0 Å². The van der Waals surface area contributed by atoms with Gasteiger partial charge in [-0.2, -0.15) is 0 Å². The maximum absolute atomic E-state index is 11.6. The van der Waals surface area contributed by atoms with Crippen molar-refractivity contribution in [3.8, 4) is 0 Å². The Morgan fingerprint density at radius 2 is 2.33 bits per heavy atom. The fourth-order valence-corrected chi connectivity index (χ4v) is 2.21. The third-order valence-corrected chi connectivity index (χ3v) is 3.57. The summed E-state index contributed by atoms with van der Waals surface area (Å²) in [6.07, 6.45) is 7.39. The van der Waals surface area contributed by atoms with Crippen molar-refractivity contribution in [3.63, 3.8) is 0 Å². The van der Waals surface area contributed by atoms with E-state index in [2.05, 4.69) is 12.2 Å². The van der Waals surface area contributed by atoms with E-state index in [9.17, 15) is 4.79 Å². The molecule has 3 N–H and O–H groups in total. The van der Waals surface area contributed by atoms with E-state index < -0.39 is 0 Å². The Labute approximate surface area is 111 Å². The van der Waals surface area contributed by atoms with Crippen molar-refractivity contribution in [2.24, 2.45) is 11.7 Å². The average molecular weight is 256 g/mol. The SMILES string of the molecule is CC(CN)CCCNC(=O)CCC1CCCCO1. The van der Waals surface area contributed by atoms with Gasteiger partial charge in [-0.3, -0.25) is 4.79 Å². The van der Waals surface area contributed by atoms with Crippen molar-refractivity contribution in [1.82, 2.24) is 5.32 Å². The molecular weight excluding hydrogens is 228 g/mol. The number of rotatable bonds is 8. The third-order valence-electron chi connectivity index (χ3n) is 3.57. The Morgan fingerprint density at radius 3 is 3.00 bits per heavy atom. The molecule has 4 heteroatoms. The monoisotopic (exact) mass is 256 g/mol. The van der Waals surface area contributed by atoms with E-state index >= 15 is 0 Å². The Kier molecular flexibility index (Phi) is 8.01. The summed E-state index contributed by atoms with van der Waals surface area (Å²) in [6, 6.07) is 0. The molecule has 1 aliphatic heterocycles.